The molecular formula is C48H62N8O7. The summed E-state index contributed by atoms with van der Waals surface area (Å²) in [5, 5.41) is 28.9. The zero-order valence-electron chi connectivity index (χ0n) is 37.3. The van der Waals surface area contributed by atoms with E-state index in [1.807, 2.05) is 119 Å². The molecule has 0 unspecified atom stereocenters. The van der Waals surface area contributed by atoms with Gasteiger partial charge in [-0.15, -0.1) is 0 Å². The molecule has 5 N–H and O–H groups in total. The first-order chi connectivity index (χ1) is 29.8. The van der Waals surface area contributed by atoms with E-state index < -0.39 is 65.6 Å². The average molecular weight is 863 g/mol. The summed E-state index contributed by atoms with van der Waals surface area (Å²) in [6.07, 6.45) is 0.00249. The normalized spacial score (nSPS) is 15.5. The Bertz CT molecular complexity index is 2160. The van der Waals surface area contributed by atoms with Crippen LogP contribution < -0.4 is 16.1 Å². The Balaban J connectivity index is 1.43. The highest BCUT2D eigenvalue weighted by Crippen LogP contribution is 2.29. The van der Waals surface area contributed by atoms with Gasteiger partial charge in [0.25, 0.3) is 0 Å². The highest BCUT2D eigenvalue weighted by Gasteiger charge is 2.44. The number of amides is 5. The number of aliphatic hydroxyl groups excluding tert-OH is 1. The molecule has 1 fully saturated rings. The molecule has 5 amide bonds. The second kappa shape index (κ2) is 21.3. The maximum absolute atomic E-state index is 14.6. The Kier molecular flexibility index (Phi) is 16.1. The SMILES string of the molecule is Cc1cccc(CN2CCN([C@H](C(=O)N[C@@H](Cc3ccccc3)[C@@H](O)C[C@H](Cc3ccc(-c4ccccn4)cc3)NC(=O)[C@@H](NN(CC=O)C(=O)O)C(C)(C)C)C(C)(C)C)C2=O)n1. The number of carbonyl (C=O) groups is 5. The van der Waals surface area contributed by atoms with Gasteiger partial charge in [0.2, 0.25) is 11.8 Å². The minimum Gasteiger partial charge on any atom is -0.464 e. The number of aromatic nitrogens is 2. The van der Waals surface area contributed by atoms with E-state index in [2.05, 4.69) is 26.0 Å². The van der Waals surface area contributed by atoms with Crippen molar-refractivity contribution in [2.24, 2.45) is 10.8 Å². The number of aryl methyl sites for hydroxylation is 1. The lowest BCUT2D eigenvalue weighted by Crippen LogP contribution is -2.61. The van der Waals surface area contributed by atoms with Crippen LogP contribution in [0.15, 0.2) is 97.2 Å². The molecule has 336 valence electrons. The quantitative estimate of drug-likeness (QED) is 0.0601. The molecule has 2 aromatic heterocycles. The standard InChI is InChI=1S/C48H62N8O7/c1-32-14-13-17-36(50-32)31-54-24-25-55(45(54)61)42(48(5,6)7)44(60)52-39(29-33-15-9-8-10-16-33)40(58)30-37(28-34-19-21-35(22-20-34)38-18-11-12-23-49-38)51-43(59)41(47(2,3)4)53-56(26-27-57)46(62)63/h8-23,27,37,39-42,53,58H,24-26,28-31H2,1-7H3,(H,51,59)(H,52,60)(H,62,63)/t37-,39-,40-,41+,42+/m0/s1. The Labute approximate surface area is 370 Å². The summed E-state index contributed by atoms with van der Waals surface area (Å²) in [5.41, 5.74) is 6.19. The van der Waals surface area contributed by atoms with Crippen molar-refractivity contribution < 1.29 is 34.2 Å². The summed E-state index contributed by atoms with van der Waals surface area (Å²) in [7, 11) is 0. The third-order valence-electron chi connectivity index (χ3n) is 11.1. The Morgan fingerprint density at radius 2 is 1.51 bits per heavy atom. The lowest BCUT2D eigenvalue weighted by Gasteiger charge is -2.38. The van der Waals surface area contributed by atoms with Gasteiger partial charge in [-0.1, -0.05) is 108 Å². The Morgan fingerprint density at radius 3 is 2.11 bits per heavy atom. The van der Waals surface area contributed by atoms with Gasteiger partial charge in [0.05, 0.1) is 36.6 Å². The second-order valence-electron chi connectivity index (χ2n) is 18.4. The second-order valence-corrected chi connectivity index (χ2v) is 18.4. The zero-order chi connectivity index (χ0) is 45.9. The predicted molar refractivity (Wildman–Crippen MR) is 240 cm³/mol. The number of hydrogen-bond donors (Lipinski definition) is 5. The number of carbonyl (C=O) groups excluding carboxylic acids is 4. The van der Waals surface area contributed by atoms with Crippen LogP contribution in [-0.2, 0) is 33.8 Å². The van der Waals surface area contributed by atoms with Crippen LogP contribution in [0.4, 0.5) is 9.59 Å². The highest BCUT2D eigenvalue weighted by molar-refractivity contribution is 5.89. The molecule has 1 aliphatic rings. The smallest absolute Gasteiger partial charge is 0.422 e. The van der Waals surface area contributed by atoms with E-state index in [1.54, 1.807) is 36.8 Å². The first-order valence-electron chi connectivity index (χ1n) is 21.4. The van der Waals surface area contributed by atoms with Crippen molar-refractivity contribution in [2.45, 2.75) is 105 Å². The predicted octanol–water partition coefficient (Wildman–Crippen LogP) is 5.41. The molecule has 15 nitrogen and oxygen atoms in total. The maximum Gasteiger partial charge on any atom is 0.422 e. The van der Waals surface area contributed by atoms with Gasteiger partial charge in [0.1, 0.15) is 18.4 Å². The first kappa shape index (κ1) is 47.9. The number of pyridine rings is 2. The first-order valence-corrected chi connectivity index (χ1v) is 21.4. The molecule has 0 radical (unpaired) electrons. The van der Waals surface area contributed by atoms with Crippen LogP contribution in [0, 0.1) is 17.8 Å². The third-order valence-corrected chi connectivity index (χ3v) is 11.1. The van der Waals surface area contributed by atoms with E-state index in [0.29, 0.717) is 30.9 Å². The average Bonchev–Trinajstić information content (AvgIpc) is 3.56. The molecule has 0 aliphatic carbocycles. The van der Waals surface area contributed by atoms with Crippen LogP contribution in [-0.4, -0.2) is 115 Å². The van der Waals surface area contributed by atoms with Crippen LogP contribution in [0.5, 0.6) is 0 Å². The van der Waals surface area contributed by atoms with Gasteiger partial charge in [0.15, 0.2) is 0 Å². The van der Waals surface area contributed by atoms with Crippen molar-refractivity contribution in [2.75, 3.05) is 19.6 Å². The minimum absolute atomic E-state index is 0.0144. The number of benzene rings is 2. The number of hydrogen-bond acceptors (Lipinski definition) is 9. The summed E-state index contributed by atoms with van der Waals surface area (Å²) >= 11 is 0. The molecule has 0 spiro atoms. The van der Waals surface area contributed by atoms with Crippen molar-refractivity contribution >= 4 is 30.2 Å². The number of rotatable bonds is 19. The van der Waals surface area contributed by atoms with Crippen molar-refractivity contribution in [1.29, 1.82) is 0 Å². The van der Waals surface area contributed by atoms with Gasteiger partial charge in [-0.25, -0.2) is 20.0 Å². The van der Waals surface area contributed by atoms with E-state index in [4.69, 9.17) is 0 Å². The molecule has 0 bridgehead atoms. The fourth-order valence-electron chi connectivity index (χ4n) is 7.91. The molecule has 2 aromatic carbocycles. The molecule has 15 heteroatoms. The lowest BCUT2D eigenvalue weighted by molar-refractivity contribution is -0.131. The molecular weight excluding hydrogens is 801 g/mol. The van der Waals surface area contributed by atoms with Crippen LogP contribution >= 0.6 is 0 Å². The molecule has 1 aliphatic heterocycles. The van der Waals surface area contributed by atoms with Crippen molar-refractivity contribution in [1.82, 2.24) is 40.8 Å². The molecule has 5 atom stereocenters. The highest BCUT2D eigenvalue weighted by atomic mass is 16.4. The van der Waals surface area contributed by atoms with Crippen molar-refractivity contribution in [3.63, 3.8) is 0 Å². The summed E-state index contributed by atoms with van der Waals surface area (Å²) in [6.45, 7) is 13.5. The topological polar surface area (TPSA) is 197 Å². The van der Waals surface area contributed by atoms with Gasteiger partial charge < -0.3 is 35.4 Å². The molecule has 4 aromatic rings. The van der Waals surface area contributed by atoms with Gasteiger partial charge >= 0.3 is 12.1 Å². The summed E-state index contributed by atoms with van der Waals surface area (Å²) in [4.78, 5) is 78.6. The molecule has 63 heavy (non-hydrogen) atoms. The van der Waals surface area contributed by atoms with Crippen molar-refractivity contribution in [3.05, 3.63) is 120 Å². The number of nitrogens with zero attached hydrogens (tertiary/aromatic N) is 5. The fourth-order valence-corrected chi connectivity index (χ4v) is 7.91. The van der Waals surface area contributed by atoms with Gasteiger partial charge in [-0.3, -0.25) is 19.6 Å². The van der Waals surface area contributed by atoms with Crippen LogP contribution in [0.3, 0.4) is 0 Å². The maximum atomic E-state index is 14.6. The fraction of sp³-hybridized carbons (Fsp3) is 0.438. The number of urea groups is 1. The van der Waals surface area contributed by atoms with E-state index >= 15 is 0 Å². The van der Waals surface area contributed by atoms with Crippen LogP contribution in [0.25, 0.3) is 11.3 Å². The molecule has 1 saturated heterocycles. The largest absolute Gasteiger partial charge is 0.464 e. The van der Waals surface area contributed by atoms with Gasteiger partial charge in [-0.2, -0.15) is 0 Å². The number of nitrogens with one attached hydrogen (secondary N) is 3. The summed E-state index contributed by atoms with van der Waals surface area (Å²) in [6, 6.07) is 24.6. The summed E-state index contributed by atoms with van der Waals surface area (Å²) in [5.74, 6) is -0.964. The minimum atomic E-state index is -1.43. The van der Waals surface area contributed by atoms with E-state index in [0.717, 1.165) is 33.8 Å². The number of carboxylic acid groups (broad SMARTS) is 1. The monoisotopic (exact) mass is 862 g/mol. The van der Waals surface area contributed by atoms with Gasteiger partial charge in [-0.05, 0) is 72.4 Å². The Hall–Kier alpha value is -6.19. The molecule has 0 saturated carbocycles. The molecule has 5 rings (SSSR count). The number of aldehydes is 1. The number of hydrazine groups is 1. The van der Waals surface area contributed by atoms with Crippen LogP contribution in [0.2, 0.25) is 0 Å². The van der Waals surface area contributed by atoms with Crippen molar-refractivity contribution in [3.8, 4) is 11.3 Å². The number of aliphatic hydroxyl groups is 1. The van der Waals surface area contributed by atoms with E-state index in [9.17, 15) is 34.2 Å². The Morgan fingerprint density at radius 1 is 0.825 bits per heavy atom. The lowest BCUT2D eigenvalue weighted by atomic mass is 9.84. The van der Waals surface area contributed by atoms with Gasteiger partial charge in [0, 0.05) is 36.6 Å². The summed E-state index contributed by atoms with van der Waals surface area (Å²) < 4.78 is 0. The van der Waals surface area contributed by atoms with Crippen LogP contribution in [0.1, 0.15) is 70.5 Å². The van der Waals surface area contributed by atoms with E-state index in [-0.39, 0.29) is 25.3 Å². The zero-order valence-corrected chi connectivity index (χ0v) is 37.3. The van der Waals surface area contributed by atoms with E-state index in [1.165, 1.54) is 0 Å². The third kappa shape index (κ3) is 13.4. The molecule has 3 heterocycles.